The third kappa shape index (κ3) is 2.32. The monoisotopic (exact) mass is 213 g/mol. The molecule has 0 aromatic rings. The van der Waals surface area contributed by atoms with Crippen LogP contribution < -0.4 is 0 Å². The van der Waals surface area contributed by atoms with Gasteiger partial charge in [-0.3, -0.25) is 4.79 Å². The lowest BCUT2D eigenvalue weighted by molar-refractivity contribution is -0.155. The Morgan fingerprint density at radius 1 is 1.47 bits per heavy atom. The number of amides is 1. The highest BCUT2D eigenvalue weighted by atomic mass is 16.5. The molecule has 0 saturated carbocycles. The molecule has 2 rings (SSSR count). The maximum Gasteiger partial charge on any atom is 0.248 e. The summed E-state index contributed by atoms with van der Waals surface area (Å²) in [7, 11) is 0. The molecule has 3 atom stereocenters. The van der Waals surface area contributed by atoms with E-state index in [1.807, 2.05) is 11.8 Å². The zero-order valence-corrected chi connectivity index (χ0v) is 9.44. The van der Waals surface area contributed by atoms with Gasteiger partial charge < -0.3 is 14.4 Å². The van der Waals surface area contributed by atoms with Crippen molar-refractivity contribution < 1.29 is 14.3 Å². The largest absolute Gasteiger partial charge is 0.381 e. The summed E-state index contributed by atoms with van der Waals surface area (Å²) in [5.74, 6) is 0.634. The number of hydrogen-bond donors (Lipinski definition) is 0. The molecular weight excluding hydrogens is 194 g/mol. The second-order valence-electron chi connectivity index (χ2n) is 4.53. The van der Waals surface area contributed by atoms with Gasteiger partial charge in [0, 0.05) is 19.1 Å². The highest BCUT2D eigenvalue weighted by Gasteiger charge is 2.33. The number of rotatable bonds is 2. The lowest BCUT2D eigenvalue weighted by Crippen LogP contribution is -2.53. The topological polar surface area (TPSA) is 38.8 Å². The number of morpholine rings is 1. The Bertz CT molecular complexity index is 238. The Balaban J connectivity index is 1.94. The van der Waals surface area contributed by atoms with Crippen molar-refractivity contribution in [2.45, 2.75) is 32.4 Å². The summed E-state index contributed by atoms with van der Waals surface area (Å²) >= 11 is 0. The van der Waals surface area contributed by atoms with Gasteiger partial charge in [0.2, 0.25) is 5.91 Å². The Morgan fingerprint density at radius 2 is 2.27 bits per heavy atom. The van der Waals surface area contributed by atoms with Gasteiger partial charge in [0.05, 0.1) is 18.8 Å². The van der Waals surface area contributed by atoms with Crippen LogP contribution in [0.4, 0.5) is 0 Å². The summed E-state index contributed by atoms with van der Waals surface area (Å²) < 4.78 is 10.7. The van der Waals surface area contributed by atoms with Gasteiger partial charge in [-0.05, 0) is 20.3 Å². The number of carbonyl (C=O) groups is 1. The Kier molecular flexibility index (Phi) is 3.26. The van der Waals surface area contributed by atoms with E-state index in [1.165, 1.54) is 0 Å². The van der Waals surface area contributed by atoms with Crippen LogP contribution in [0.15, 0.2) is 0 Å². The van der Waals surface area contributed by atoms with Crippen molar-refractivity contribution in [2.75, 3.05) is 26.4 Å². The summed E-state index contributed by atoms with van der Waals surface area (Å²) in [4.78, 5) is 13.7. The van der Waals surface area contributed by atoms with Gasteiger partial charge in [0.25, 0.3) is 0 Å². The fraction of sp³-hybridized carbons (Fsp3) is 0.909. The lowest BCUT2D eigenvalue weighted by atomic mass is 10.0. The van der Waals surface area contributed by atoms with Crippen LogP contribution in [-0.4, -0.2) is 49.3 Å². The van der Waals surface area contributed by atoms with Crippen LogP contribution in [0, 0.1) is 5.92 Å². The molecule has 0 aromatic carbocycles. The quantitative estimate of drug-likeness (QED) is 0.676. The normalized spacial score (nSPS) is 37.3. The minimum Gasteiger partial charge on any atom is -0.381 e. The molecule has 4 heteroatoms. The van der Waals surface area contributed by atoms with Gasteiger partial charge in [-0.25, -0.2) is 0 Å². The molecule has 4 nitrogen and oxygen atoms in total. The predicted molar refractivity (Wildman–Crippen MR) is 55.5 cm³/mol. The van der Waals surface area contributed by atoms with Gasteiger partial charge in [0.15, 0.2) is 0 Å². The maximum absolute atomic E-state index is 11.7. The minimum atomic E-state index is 0.118. The second kappa shape index (κ2) is 4.49. The van der Waals surface area contributed by atoms with Crippen LogP contribution in [0.1, 0.15) is 20.3 Å². The van der Waals surface area contributed by atoms with Crippen LogP contribution in [-0.2, 0) is 14.3 Å². The van der Waals surface area contributed by atoms with E-state index in [4.69, 9.17) is 9.47 Å². The lowest BCUT2D eigenvalue weighted by Gasteiger charge is -2.38. The second-order valence-corrected chi connectivity index (χ2v) is 4.53. The van der Waals surface area contributed by atoms with Crippen molar-refractivity contribution in [2.24, 2.45) is 5.92 Å². The van der Waals surface area contributed by atoms with E-state index in [0.29, 0.717) is 5.92 Å². The van der Waals surface area contributed by atoms with Crippen LogP contribution in [0.25, 0.3) is 0 Å². The molecule has 0 spiro atoms. The molecule has 0 N–H and O–H groups in total. The average molecular weight is 213 g/mol. The zero-order chi connectivity index (χ0) is 10.8. The Labute approximate surface area is 90.5 Å². The summed E-state index contributed by atoms with van der Waals surface area (Å²) in [6.45, 7) is 6.78. The standard InChI is InChI=1S/C11H19NO3/c1-8-9(2)15-7-11(13)12(8)5-10-3-4-14-6-10/h8-10H,3-7H2,1-2H3. The molecular formula is C11H19NO3. The van der Waals surface area contributed by atoms with Gasteiger partial charge in [-0.1, -0.05) is 0 Å². The molecule has 0 bridgehead atoms. The van der Waals surface area contributed by atoms with E-state index in [0.717, 1.165) is 26.2 Å². The van der Waals surface area contributed by atoms with E-state index in [2.05, 4.69) is 6.92 Å². The predicted octanol–water partition coefficient (Wildman–Crippen LogP) is 0.659. The molecule has 3 unspecified atom stereocenters. The molecule has 2 heterocycles. The molecule has 2 saturated heterocycles. The van der Waals surface area contributed by atoms with Crippen LogP contribution in [0.2, 0.25) is 0 Å². The summed E-state index contributed by atoms with van der Waals surface area (Å²) in [6.07, 6.45) is 1.22. The van der Waals surface area contributed by atoms with E-state index >= 15 is 0 Å². The summed E-state index contributed by atoms with van der Waals surface area (Å²) in [5, 5.41) is 0. The number of carbonyl (C=O) groups excluding carboxylic acids is 1. The van der Waals surface area contributed by atoms with Crippen LogP contribution in [0.5, 0.6) is 0 Å². The van der Waals surface area contributed by atoms with Gasteiger partial charge in [-0.2, -0.15) is 0 Å². The molecule has 86 valence electrons. The smallest absolute Gasteiger partial charge is 0.248 e. The van der Waals surface area contributed by atoms with Crippen LogP contribution >= 0.6 is 0 Å². The first-order chi connectivity index (χ1) is 7.18. The number of nitrogens with zero attached hydrogens (tertiary/aromatic N) is 1. The van der Waals surface area contributed by atoms with Crippen molar-refractivity contribution in [3.63, 3.8) is 0 Å². The maximum atomic E-state index is 11.7. The first kappa shape index (κ1) is 10.9. The fourth-order valence-corrected chi connectivity index (χ4v) is 2.18. The zero-order valence-electron chi connectivity index (χ0n) is 9.44. The molecule has 2 aliphatic rings. The van der Waals surface area contributed by atoms with Crippen molar-refractivity contribution in [1.82, 2.24) is 4.90 Å². The van der Waals surface area contributed by atoms with Gasteiger partial charge in [0.1, 0.15) is 6.61 Å². The van der Waals surface area contributed by atoms with Crippen LogP contribution in [0.3, 0.4) is 0 Å². The molecule has 0 aromatic heterocycles. The Morgan fingerprint density at radius 3 is 2.93 bits per heavy atom. The fourth-order valence-electron chi connectivity index (χ4n) is 2.18. The molecule has 2 fully saturated rings. The highest BCUT2D eigenvalue weighted by Crippen LogP contribution is 2.20. The third-order valence-electron chi connectivity index (χ3n) is 3.44. The molecule has 0 aliphatic carbocycles. The summed E-state index contributed by atoms with van der Waals surface area (Å²) in [6, 6.07) is 0.187. The first-order valence-corrected chi connectivity index (χ1v) is 5.67. The van der Waals surface area contributed by atoms with E-state index in [9.17, 15) is 4.79 Å². The van der Waals surface area contributed by atoms with E-state index in [1.54, 1.807) is 0 Å². The van der Waals surface area contributed by atoms with Crippen molar-refractivity contribution >= 4 is 5.91 Å². The van der Waals surface area contributed by atoms with E-state index in [-0.39, 0.29) is 24.7 Å². The SMILES string of the molecule is CC1OCC(=O)N(CC2CCOC2)C1C. The van der Waals surface area contributed by atoms with E-state index < -0.39 is 0 Å². The van der Waals surface area contributed by atoms with Crippen molar-refractivity contribution in [3.8, 4) is 0 Å². The minimum absolute atomic E-state index is 0.118. The number of hydrogen-bond acceptors (Lipinski definition) is 3. The van der Waals surface area contributed by atoms with Crippen molar-refractivity contribution in [1.29, 1.82) is 0 Å². The number of ether oxygens (including phenoxy) is 2. The van der Waals surface area contributed by atoms with Gasteiger partial charge >= 0.3 is 0 Å². The molecule has 1 amide bonds. The molecule has 15 heavy (non-hydrogen) atoms. The van der Waals surface area contributed by atoms with Gasteiger partial charge in [-0.15, -0.1) is 0 Å². The molecule has 2 aliphatic heterocycles. The third-order valence-corrected chi connectivity index (χ3v) is 3.44. The highest BCUT2D eigenvalue weighted by molar-refractivity contribution is 5.78. The first-order valence-electron chi connectivity index (χ1n) is 5.67. The Hall–Kier alpha value is -0.610. The average Bonchev–Trinajstić information content (AvgIpc) is 2.71. The van der Waals surface area contributed by atoms with Crippen molar-refractivity contribution in [3.05, 3.63) is 0 Å². The molecule has 0 radical (unpaired) electrons. The summed E-state index contributed by atoms with van der Waals surface area (Å²) in [5.41, 5.74) is 0.